The Morgan fingerprint density at radius 3 is 2.83 bits per heavy atom. The van der Waals surface area contributed by atoms with Crippen molar-refractivity contribution < 1.29 is 9.90 Å². The lowest BCUT2D eigenvalue weighted by Gasteiger charge is -2.22. The quantitative estimate of drug-likeness (QED) is 0.731. The number of carbonyl (C=O) groups is 1. The third-order valence-electron chi connectivity index (χ3n) is 3.88. The van der Waals surface area contributed by atoms with Gasteiger partial charge < -0.3 is 19.9 Å². The molecule has 0 bridgehead atoms. The van der Waals surface area contributed by atoms with E-state index in [-0.39, 0.29) is 12.6 Å². The molecule has 0 aliphatic heterocycles. The molecule has 0 spiro atoms. The number of nitrogens with zero attached hydrogens (tertiary/aromatic N) is 3. The molecular formula is C18H26N4O2. The van der Waals surface area contributed by atoms with Gasteiger partial charge in [0.25, 0.3) is 0 Å². The summed E-state index contributed by atoms with van der Waals surface area (Å²) in [4.78, 5) is 18.4. The second-order valence-corrected chi connectivity index (χ2v) is 5.79. The molecule has 130 valence electrons. The van der Waals surface area contributed by atoms with E-state index in [1.165, 1.54) is 0 Å². The fourth-order valence-corrected chi connectivity index (χ4v) is 2.57. The molecule has 0 radical (unpaired) electrons. The van der Waals surface area contributed by atoms with Crippen molar-refractivity contribution in [1.29, 1.82) is 0 Å². The van der Waals surface area contributed by atoms with E-state index in [0.29, 0.717) is 13.1 Å². The first-order chi connectivity index (χ1) is 11.7. The van der Waals surface area contributed by atoms with Gasteiger partial charge in [0.2, 0.25) is 0 Å². The molecule has 0 fully saturated rings. The maximum Gasteiger partial charge on any atom is 0.321 e. The number of hydrogen-bond donors (Lipinski definition) is 2. The van der Waals surface area contributed by atoms with Crippen LogP contribution in [-0.2, 0) is 7.05 Å². The van der Waals surface area contributed by atoms with Crippen molar-refractivity contribution >= 4 is 11.7 Å². The number of nitrogens with one attached hydrogen (secondary N) is 1. The van der Waals surface area contributed by atoms with Crippen LogP contribution < -0.4 is 5.32 Å². The highest BCUT2D eigenvalue weighted by molar-refractivity contribution is 5.90. The summed E-state index contributed by atoms with van der Waals surface area (Å²) in [6.07, 6.45) is 6.75. The molecule has 6 nitrogen and oxygen atoms in total. The second kappa shape index (κ2) is 9.08. The number of carbonyl (C=O) groups excluding carboxylic acids is 1. The topological polar surface area (TPSA) is 70.4 Å². The fourth-order valence-electron chi connectivity index (χ4n) is 2.57. The molecule has 1 aromatic carbocycles. The number of rotatable bonds is 8. The highest BCUT2D eigenvalue weighted by Gasteiger charge is 2.13. The summed E-state index contributed by atoms with van der Waals surface area (Å²) in [5.41, 5.74) is 1.67. The van der Waals surface area contributed by atoms with E-state index >= 15 is 0 Å². The molecule has 6 heteroatoms. The van der Waals surface area contributed by atoms with E-state index < -0.39 is 0 Å². The van der Waals surface area contributed by atoms with Crippen LogP contribution in [0.5, 0.6) is 0 Å². The Kier molecular flexibility index (Phi) is 6.81. The van der Waals surface area contributed by atoms with Gasteiger partial charge in [-0.25, -0.2) is 9.78 Å². The Morgan fingerprint density at radius 2 is 2.17 bits per heavy atom. The van der Waals surface area contributed by atoms with Gasteiger partial charge in [-0.15, -0.1) is 0 Å². The Morgan fingerprint density at radius 1 is 1.33 bits per heavy atom. The van der Waals surface area contributed by atoms with Crippen molar-refractivity contribution in [3.8, 4) is 11.4 Å². The minimum atomic E-state index is -0.183. The molecule has 1 aromatic heterocycles. The van der Waals surface area contributed by atoms with Crippen LogP contribution >= 0.6 is 0 Å². The molecule has 2 N–H and O–H groups in total. The van der Waals surface area contributed by atoms with Gasteiger partial charge in [-0.1, -0.05) is 31.9 Å². The first-order valence-corrected chi connectivity index (χ1v) is 8.40. The maximum absolute atomic E-state index is 12.4. The Labute approximate surface area is 143 Å². The second-order valence-electron chi connectivity index (χ2n) is 5.79. The number of aromatic nitrogens is 2. The number of amides is 2. The standard InChI is InChI=1S/C18H26N4O2/c1-3-4-5-10-22(12-13-23)18(24)20-16-8-6-7-15(14-16)17-19-9-11-21(17)2/h6-9,11,14,23H,3-5,10,12-13H2,1-2H3,(H,20,24). The lowest BCUT2D eigenvalue weighted by atomic mass is 10.2. The molecular weight excluding hydrogens is 304 g/mol. The van der Waals surface area contributed by atoms with E-state index in [9.17, 15) is 9.90 Å². The molecule has 0 saturated heterocycles. The summed E-state index contributed by atoms with van der Waals surface area (Å²) in [5, 5.41) is 12.1. The van der Waals surface area contributed by atoms with Crippen LogP contribution in [0.15, 0.2) is 36.7 Å². The number of aryl methyl sites for hydroxylation is 1. The largest absolute Gasteiger partial charge is 0.395 e. The van der Waals surface area contributed by atoms with Crippen LogP contribution in [0, 0.1) is 0 Å². The number of hydrogen-bond acceptors (Lipinski definition) is 3. The van der Waals surface area contributed by atoms with Gasteiger partial charge in [0.1, 0.15) is 5.82 Å². The number of aliphatic hydroxyl groups is 1. The van der Waals surface area contributed by atoms with Gasteiger partial charge >= 0.3 is 6.03 Å². The predicted octanol–water partition coefficient (Wildman–Crippen LogP) is 3.10. The number of imidazole rings is 1. The highest BCUT2D eigenvalue weighted by atomic mass is 16.3. The molecule has 0 aliphatic carbocycles. The number of benzene rings is 1. The van der Waals surface area contributed by atoms with Gasteiger partial charge in [-0.3, -0.25) is 0 Å². The van der Waals surface area contributed by atoms with E-state index in [1.54, 1.807) is 11.1 Å². The molecule has 2 aromatic rings. The molecule has 1 heterocycles. The summed E-state index contributed by atoms with van der Waals surface area (Å²) in [6, 6.07) is 7.44. The summed E-state index contributed by atoms with van der Waals surface area (Å²) in [6.45, 7) is 3.08. The van der Waals surface area contributed by atoms with Gasteiger partial charge in [0.15, 0.2) is 0 Å². The van der Waals surface area contributed by atoms with Crippen molar-refractivity contribution in [2.45, 2.75) is 26.2 Å². The van der Waals surface area contributed by atoms with E-state index in [0.717, 1.165) is 36.3 Å². The lowest BCUT2D eigenvalue weighted by molar-refractivity contribution is 0.187. The van der Waals surface area contributed by atoms with Crippen LogP contribution in [0.4, 0.5) is 10.5 Å². The maximum atomic E-state index is 12.4. The monoisotopic (exact) mass is 330 g/mol. The number of anilines is 1. The average molecular weight is 330 g/mol. The molecule has 0 aliphatic rings. The Bertz CT molecular complexity index is 654. The smallest absolute Gasteiger partial charge is 0.321 e. The molecule has 0 atom stereocenters. The Hall–Kier alpha value is -2.34. The van der Waals surface area contributed by atoms with Crippen molar-refractivity contribution in [1.82, 2.24) is 14.5 Å². The minimum Gasteiger partial charge on any atom is -0.395 e. The van der Waals surface area contributed by atoms with Crippen LogP contribution in [0.1, 0.15) is 26.2 Å². The first-order valence-electron chi connectivity index (χ1n) is 8.40. The summed E-state index contributed by atoms with van der Waals surface area (Å²) in [5.74, 6) is 0.848. The van der Waals surface area contributed by atoms with Crippen LogP contribution in [0.25, 0.3) is 11.4 Å². The summed E-state index contributed by atoms with van der Waals surface area (Å²) in [7, 11) is 1.93. The normalized spacial score (nSPS) is 10.6. The van der Waals surface area contributed by atoms with E-state index in [4.69, 9.17) is 0 Å². The van der Waals surface area contributed by atoms with Crippen molar-refractivity contribution in [3.05, 3.63) is 36.7 Å². The fraction of sp³-hybridized carbons (Fsp3) is 0.444. The van der Waals surface area contributed by atoms with Crippen molar-refractivity contribution in [2.75, 3.05) is 25.0 Å². The average Bonchev–Trinajstić information content (AvgIpc) is 3.00. The van der Waals surface area contributed by atoms with Gasteiger partial charge in [-0.05, 0) is 18.6 Å². The third kappa shape index (κ3) is 4.83. The first kappa shape index (κ1) is 18.0. The third-order valence-corrected chi connectivity index (χ3v) is 3.88. The predicted molar refractivity (Wildman–Crippen MR) is 95.8 cm³/mol. The zero-order valence-electron chi connectivity index (χ0n) is 14.4. The Balaban J connectivity index is 2.06. The van der Waals surface area contributed by atoms with E-state index in [2.05, 4.69) is 17.2 Å². The molecule has 24 heavy (non-hydrogen) atoms. The zero-order chi connectivity index (χ0) is 17.4. The number of aliphatic hydroxyl groups excluding tert-OH is 1. The van der Waals surface area contributed by atoms with Gasteiger partial charge in [0.05, 0.1) is 6.61 Å². The van der Waals surface area contributed by atoms with Crippen LogP contribution in [0.2, 0.25) is 0 Å². The molecule has 0 unspecified atom stereocenters. The van der Waals surface area contributed by atoms with E-state index in [1.807, 2.05) is 42.1 Å². The van der Waals surface area contributed by atoms with Gasteiger partial charge in [0, 0.05) is 43.8 Å². The molecule has 0 saturated carbocycles. The zero-order valence-corrected chi connectivity index (χ0v) is 14.4. The van der Waals surface area contributed by atoms with Crippen molar-refractivity contribution in [2.24, 2.45) is 7.05 Å². The van der Waals surface area contributed by atoms with Crippen LogP contribution in [0.3, 0.4) is 0 Å². The number of unbranched alkanes of at least 4 members (excludes halogenated alkanes) is 2. The summed E-state index contributed by atoms with van der Waals surface area (Å²) >= 11 is 0. The van der Waals surface area contributed by atoms with Crippen LogP contribution in [-0.4, -0.2) is 45.3 Å². The lowest BCUT2D eigenvalue weighted by Crippen LogP contribution is -2.37. The molecule has 2 amide bonds. The SMILES string of the molecule is CCCCCN(CCO)C(=O)Nc1cccc(-c2nccn2C)c1. The molecule has 2 rings (SSSR count). The summed E-state index contributed by atoms with van der Waals surface area (Å²) < 4.78 is 1.93. The highest BCUT2D eigenvalue weighted by Crippen LogP contribution is 2.21. The number of urea groups is 1. The minimum absolute atomic E-state index is 0.0349. The van der Waals surface area contributed by atoms with Gasteiger partial charge in [-0.2, -0.15) is 0 Å². The van der Waals surface area contributed by atoms with Crippen molar-refractivity contribution in [3.63, 3.8) is 0 Å².